The van der Waals surface area contributed by atoms with Gasteiger partial charge in [-0.3, -0.25) is 0 Å². The average Bonchev–Trinajstić information content (AvgIpc) is 3.07. The number of carbonyl (C=O) groups is 1. The number of benzene rings is 1. The number of esters is 1. The molecule has 1 aliphatic rings. The van der Waals surface area contributed by atoms with E-state index in [-0.39, 0.29) is 17.1 Å². The van der Waals surface area contributed by atoms with E-state index in [9.17, 15) is 13.6 Å². The van der Waals surface area contributed by atoms with Gasteiger partial charge >= 0.3 is 12.6 Å². The summed E-state index contributed by atoms with van der Waals surface area (Å²) in [5, 5.41) is 4.40. The molecule has 2 aromatic heterocycles. The molecule has 0 radical (unpaired) electrons. The quantitative estimate of drug-likeness (QED) is 0.512. The highest BCUT2D eigenvalue weighted by Crippen LogP contribution is 2.38. The lowest BCUT2D eigenvalue weighted by Gasteiger charge is -2.26. The van der Waals surface area contributed by atoms with Crippen molar-refractivity contribution in [1.29, 1.82) is 0 Å². The number of ether oxygens (including phenoxy) is 4. The summed E-state index contributed by atoms with van der Waals surface area (Å²) in [5.74, 6) is -0.740. The molecule has 3 heterocycles. The number of rotatable bonds is 6. The van der Waals surface area contributed by atoms with Gasteiger partial charge in [-0.15, -0.1) is 0 Å². The van der Waals surface area contributed by atoms with Crippen LogP contribution >= 0.6 is 0 Å². The maximum Gasteiger partial charge on any atom is 0.387 e. The maximum absolute atomic E-state index is 13.2. The molecule has 170 valence electrons. The number of halogens is 2. The van der Waals surface area contributed by atoms with Crippen LogP contribution in [0.2, 0.25) is 0 Å². The normalized spacial score (nSPS) is 14.5. The van der Waals surface area contributed by atoms with Gasteiger partial charge in [0.25, 0.3) is 0 Å². The van der Waals surface area contributed by atoms with Crippen molar-refractivity contribution < 1.29 is 32.5 Å². The predicted octanol–water partition coefficient (Wildman–Crippen LogP) is 4.68. The molecule has 3 aromatic rings. The van der Waals surface area contributed by atoms with Crippen LogP contribution in [0.5, 0.6) is 11.5 Å². The zero-order valence-corrected chi connectivity index (χ0v) is 18.2. The highest BCUT2D eigenvalue weighted by molar-refractivity contribution is 5.97. The molecule has 9 heteroatoms. The van der Waals surface area contributed by atoms with Gasteiger partial charge in [-0.2, -0.15) is 13.9 Å². The van der Waals surface area contributed by atoms with Gasteiger partial charge < -0.3 is 18.9 Å². The van der Waals surface area contributed by atoms with Crippen molar-refractivity contribution in [3.8, 4) is 22.6 Å². The molecule has 0 spiro atoms. The largest absolute Gasteiger partial charge is 0.496 e. The van der Waals surface area contributed by atoms with E-state index in [4.69, 9.17) is 18.9 Å². The minimum absolute atomic E-state index is 0.0648. The van der Waals surface area contributed by atoms with Gasteiger partial charge in [-0.05, 0) is 50.1 Å². The summed E-state index contributed by atoms with van der Waals surface area (Å²) < 4.78 is 48.8. The van der Waals surface area contributed by atoms with Crippen LogP contribution in [0.3, 0.4) is 0 Å². The number of nitrogens with zero attached hydrogens (tertiary/aromatic N) is 2. The number of alkyl halides is 2. The van der Waals surface area contributed by atoms with Crippen molar-refractivity contribution in [1.82, 2.24) is 9.61 Å². The number of aromatic nitrogens is 2. The number of hydrogen-bond acceptors (Lipinski definition) is 6. The monoisotopic (exact) mass is 446 g/mol. The van der Waals surface area contributed by atoms with E-state index in [0.29, 0.717) is 30.3 Å². The van der Waals surface area contributed by atoms with E-state index < -0.39 is 18.2 Å². The Morgan fingerprint density at radius 1 is 1.22 bits per heavy atom. The molecule has 0 unspecified atom stereocenters. The lowest BCUT2D eigenvalue weighted by molar-refractivity contribution is -0.0509. The van der Waals surface area contributed by atoms with Gasteiger partial charge in [-0.1, -0.05) is 6.07 Å². The van der Waals surface area contributed by atoms with Crippen molar-refractivity contribution in [2.24, 2.45) is 0 Å². The van der Waals surface area contributed by atoms with Crippen LogP contribution in [0.15, 0.2) is 36.7 Å². The summed E-state index contributed by atoms with van der Waals surface area (Å²) in [4.78, 5) is 12.7. The van der Waals surface area contributed by atoms with Crippen LogP contribution in [0.25, 0.3) is 16.6 Å². The third-order valence-corrected chi connectivity index (χ3v) is 5.06. The lowest BCUT2D eigenvalue weighted by Crippen LogP contribution is -2.25. The van der Waals surface area contributed by atoms with Gasteiger partial charge in [0.2, 0.25) is 0 Å². The van der Waals surface area contributed by atoms with Gasteiger partial charge in [-0.25, -0.2) is 9.31 Å². The molecular formula is C23H24F2N2O5. The van der Waals surface area contributed by atoms with Crippen molar-refractivity contribution in [3.05, 3.63) is 47.8 Å². The first-order valence-electron chi connectivity index (χ1n) is 10.1. The molecule has 1 fully saturated rings. The second kappa shape index (κ2) is 8.38. The predicted molar refractivity (Wildman–Crippen MR) is 113 cm³/mol. The Hall–Kier alpha value is -3.20. The van der Waals surface area contributed by atoms with Crippen molar-refractivity contribution in [2.45, 2.75) is 38.9 Å². The van der Waals surface area contributed by atoms with Crippen LogP contribution in [0, 0.1) is 0 Å². The number of pyridine rings is 1. The Morgan fingerprint density at radius 3 is 2.53 bits per heavy atom. The van der Waals surface area contributed by atoms with Crippen molar-refractivity contribution >= 4 is 11.5 Å². The summed E-state index contributed by atoms with van der Waals surface area (Å²) in [6, 6.07) is 6.87. The fraction of sp³-hybridized carbons (Fsp3) is 0.391. The highest BCUT2D eigenvalue weighted by atomic mass is 19.3. The van der Waals surface area contributed by atoms with Crippen molar-refractivity contribution in [2.75, 3.05) is 20.3 Å². The minimum Gasteiger partial charge on any atom is -0.496 e. The molecule has 1 saturated heterocycles. The summed E-state index contributed by atoms with van der Waals surface area (Å²) in [7, 11) is 1.35. The first kappa shape index (κ1) is 22.0. The Morgan fingerprint density at radius 2 is 1.94 bits per heavy atom. The molecule has 0 aliphatic carbocycles. The Kier molecular flexibility index (Phi) is 5.77. The zero-order valence-electron chi connectivity index (χ0n) is 18.2. The first-order valence-corrected chi connectivity index (χ1v) is 10.1. The van der Waals surface area contributed by atoms with Gasteiger partial charge in [0.15, 0.2) is 0 Å². The van der Waals surface area contributed by atoms with Gasteiger partial charge in [0.05, 0.1) is 32.0 Å². The molecule has 0 bridgehead atoms. The SMILES string of the molecule is COc1cc(-c2cnn3cc(C4COC4)ccc23)cc(OC(F)F)c1C(=O)OC(C)(C)C. The summed E-state index contributed by atoms with van der Waals surface area (Å²) in [6.07, 6.45) is 3.55. The maximum atomic E-state index is 13.2. The standard InChI is InChI=1S/C23H24F2N2O5/c1-23(2,3)32-21(28)20-18(29-4)7-14(8-19(20)31-22(24)25)16-9-26-27-10-13(5-6-17(16)27)15-11-30-12-15/h5-10,15,22H,11-12H2,1-4H3. The molecule has 4 rings (SSSR count). The lowest BCUT2D eigenvalue weighted by atomic mass is 9.98. The van der Waals surface area contributed by atoms with E-state index >= 15 is 0 Å². The number of carbonyl (C=O) groups excluding carboxylic acids is 1. The molecule has 0 amide bonds. The first-order chi connectivity index (χ1) is 15.2. The molecule has 0 saturated carbocycles. The molecule has 0 atom stereocenters. The number of methoxy groups -OCH3 is 1. The second-order valence-corrected chi connectivity index (χ2v) is 8.52. The van der Waals surface area contributed by atoms with E-state index in [1.807, 2.05) is 18.3 Å². The van der Waals surface area contributed by atoms with Crippen LogP contribution in [-0.2, 0) is 9.47 Å². The Labute approximate surface area is 183 Å². The summed E-state index contributed by atoms with van der Waals surface area (Å²) >= 11 is 0. The van der Waals surface area contributed by atoms with Gasteiger partial charge in [0.1, 0.15) is 22.7 Å². The van der Waals surface area contributed by atoms with Crippen LogP contribution in [0.1, 0.15) is 42.6 Å². The molecule has 1 aromatic carbocycles. The van der Waals surface area contributed by atoms with E-state index in [1.54, 1.807) is 37.5 Å². The van der Waals surface area contributed by atoms with Crippen LogP contribution in [-0.4, -0.2) is 48.1 Å². The zero-order chi connectivity index (χ0) is 23.0. The molecule has 32 heavy (non-hydrogen) atoms. The third-order valence-electron chi connectivity index (χ3n) is 5.06. The van der Waals surface area contributed by atoms with Crippen LogP contribution < -0.4 is 9.47 Å². The topological polar surface area (TPSA) is 71.3 Å². The number of hydrogen-bond donors (Lipinski definition) is 0. The molecular weight excluding hydrogens is 422 g/mol. The summed E-state index contributed by atoms with van der Waals surface area (Å²) in [6.45, 7) is 3.27. The average molecular weight is 446 g/mol. The fourth-order valence-corrected chi connectivity index (χ4v) is 3.52. The molecule has 0 N–H and O–H groups in total. The second-order valence-electron chi connectivity index (χ2n) is 8.52. The molecule has 1 aliphatic heterocycles. The minimum atomic E-state index is -3.13. The smallest absolute Gasteiger partial charge is 0.387 e. The molecule has 7 nitrogen and oxygen atoms in total. The van der Waals surface area contributed by atoms with Crippen molar-refractivity contribution in [3.63, 3.8) is 0 Å². The number of fused-ring (bicyclic) bond motifs is 1. The third kappa shape index (κ3) is 4.38. The highest BCUT2D eigenvalue weighted by Gasteiger charge is 2.28. The Balaban J connectivity index is 1.80. The van der Waals surface area contributed by atoms with E-state index in [1.165, 1.54) is 13.2 Å². The van der Waals surface area contributed by atoms with E-state index in [2.05, 4.69) is 5.10 Å². The Bertz CT molecular complexity index is 1150. The fourth-order valence-electron chi connectivity index (χ4n) is 3.52. The van der Waals surface area contributed by atoms with E-state index in [0.717, 1.165) is 11.1 Å². The van der Waals surface area contributed by atoms with Crippen LogP contribution in [0.4, 0.5) is 8.78 Å². The van der Waals surface area contributed by atoms with Gasteiger partial charge in [0, 0.05) is 17.7 Å². The summed E-state index contributed by atoms with van der Waals surface area (Å²) in [5.41, 5.74) is 2.04.